The molecule has 0 aliphatic heterocycles. The van der Waals surface area contributed by atoms with E-state index >= 15 is 0 Å². The van der Waals surface area contributed by atoms with Crippen LogP contribution in [0.4, 0.5) is 8.78 Å². The van der Waals surface area contributed by atoms with E-state index in [1.807, 2.05) is 0 Å². The summed E-state index contributed by atoms with van der Waals surface area (Å²) in [7, 11) is 0. The lowest BCUT2D eigenvalue weighted by molar-refractivity contribution is 0.308. The second-order valence-electron chi connectivity index (χ2n) is 7.49. The molecule has 2 heteroatoms. The van der Waals surface area contributed by atoms with Crippen LogP contribution in [0.3, 0.4) is 0 Å². The molecule has 0 unspecified atom stereocenters. The van der Waals surface area contributed by atoms with Gasteiger partial charge in [-0.1, -0.05) is 44.0 Å². The Morgan fingerprint density at radius 1 is 0.958 bits per heavy atom. The van der Waals surface area contributed by atoms with Crippen molar-refractivity contribution in [2.75, 3.05) is 0 Å². The van der Waals surface area contributed by atoms with Crippen molar-refractivity contribution in [3.8, 4) is 11.1 Å². The van der Waals surface area contributed by atoms with E-state index in [0.717, 1.165) is 22.6 Å². The number of rotatable bonds is 3. The van der Waals surface area contributed by atoms with E-state index in [0.29, 0.717) is 17.9 Å². The summed E-state index contributed by atoms with van der Waals surface area (Å²) in [5.41, 5.74) is 5.00. The molecular weight excluding hydrogens is 302 g/mol. The standard InChI is InChI=1S/C22H24F2/c1-2-3-14-4-6-15(7-5-14)16-8-9-18-17(12-16)13-20-19(18)10-11-21(23)22(20)24/h8-12,14-15H,2-7,13H2,1H3. The fourth-order valence-corrected chi connectivity index (χ4v) is 4.68. The van der Waals surface area contributed by atoms with Gasteiger partial charge in [-0.05, 0) is 65.8 Å². The minimum atomic E-state index is -0.740. The van der Waals surface area contributed by atoms with Crippen LogP contribution in [0.25, 0.3) is 11.1 Å². The zero-order chi connectivity index (χ0) is 16.7. The zero-order valence-corrected chi connectivity index (χ0v) is 14.2. The van der Waals surface area contributed by atoms with Gasteiger partial charge in [-0.2, -0.15) is 0 Å². The molecule has 1 fully saturated rings. The molecular formula is C22H24F2. The fourth-order valence-electron chi connectivity index (χ4n) is 4.68. The third-order valence-corrected chi connectivity index (χ3v) is 6.00. The second kappa shape index (κ2) is 6.31. The lowest BCUT2D eigenvalue weighted by Crippen LogP contribution is -2.13. The Kier molecular flexibility index (Phi) is 4.15. The minimum absolute atomic E-state index is 0.521. The van der Waals surface area contributed by atoms with Crippen molar-refractivity contribution in [3.05, 3.63) is 58.7 Å². The van der Waals surface area contributed by atoms with Gasteiger partial charge in [-0.3, -0.25) is 0 Å². The fraction of sp³-hybridized carbons (Fsp3) is 0.455. The van der Waals surface area contributed by atoms with Gasteiger partial charge in [0.05, 0.1) is 0 Å². The van der Waals surface area contributed by atoms with Crippen LogP contribution < -0.4 is 0 Å². The molecule has 0 spiro atoms. The van der Waals surface area contributed by atoms with Crippen molar-refractivity contribution in [3.63, 3.8) is 0 Å². The normalized spacial score (nSPS) is 22.3. The molecule has 0 atom stereocenters. The molecule has 0 saturated heterocycles. The lowest BCUT2D eigenvalue weighted by Gasteiger charge is -2.29. The van der Waals surface area contributed by atoms with Crippen LogP contribution in [0.5, 0.6) is 0 Å². The van der Waals surface area contributed by atoms with E-state index in [-0.39, 0.29) is 0 Å². The number of hydrogen-bond donors (Lipinski definition) is 0. The molecule has 0 radical (unpaired) electrons. The first kappa shape index (κ1) is 15.8. The van der Waals surface area contributed by atoms with Gasteiger partial charge < -0.3 is 0 Å². The SMILES string of the molecule is CCCC1CCC(c2ccc3c(c2)Cc2c-3ccc(F)c2F)CC1. The highest BCUT2D eigenvalue weighted by atomic mass is 19.2. The summed E-state index contributed by atoms with van der Waals surface area (Å²) in [5, 5.41) is 0. The van der Waals surface area contributed by atoms with Crippen molar-refractivity contribution >= 4 is 0 Å². The molecule has 2 aromatic rings. The molecule has 0 amide bonds. The van der Waals surface area contributed by atoms with E-state index in [2.05, 4.69) is 25.1 Å². The van der Waals surface area contributed by atoms with E-state index in [1.54, 1.807) is 6.07 Å². The average molecular weight is 326 g/mol. The monoisotopic (exact) mass is 326 g/mol. The van der Waals surface area contributed by atoms with Gasteiger partial charge in [-0.15, -0.1) is 0 Å². The van der Waals surface area contributed by atoms with E-state index in [9.17, 15) is 8.78 Å². The van der Waals surface area contributed by atoms with Crippen molar-refractivity contribution < 1.29 is 8.78 Å². The quantitative estimate of drug-likeness (QED) is 0.508. The van der Waals surface area contributed by atoms with Crippen molar-refractivity contribution in [2.24, 2.45) is 5.92 Å². The Morgan fingerprint density at radius 3 is 2.46 bits per heavy atom. The van der Waals surface area contributed by atoms with Gasteiger partial charge in [0, 0.05) is 12.0 Å². The van der Waals surface area contributed by atoms with Gasteiger partial charge in [0.2, 0.25) is 0 Å². The summed E-state index contributed by atoms with van der Waals surface area (Å²) >= 11 is 0. The highest BCUT2D eigenvalue weighted by molar-refractivity contribution is 5.77. The van der Waals surface area contributed by atoms with Gasteiger partial charge in [0.1, 0.15) is 0 Å². The predicted octanol–water partition coefficient (Wildman–Crippen LogP) is 6.61. The Hall–Kier alpha value is -1.70. The third-order valence-electron chi connectivity index (χ3n) is 6.00. The molecule has 1 saturated carbocycles. The van der Waals surface area contributed by atoms with E-state index in [4.69, 9.17) is 0 Å². The first-order valence-corrected chi connectivity index (χ1v) is 9.27. The van der Waals surface area contributed by atoms with E-state index in [1.165, 1.54) is 50.2 Å². The van der Waals surface area contributed by atoms with Crippen LogP contribution in [0.1, 0.15) is 68.1 Å². The summed E-state index contributed by atoms with van der Waals surface area (Å²) in [6.45, 7) is 2.27. The minimum Gasteiger partial charge on any atom is -0.204 e. The van der Waals surface area contributed by atoms with Crippen LogP contribution >= 0.6 is 0 Å². The number of halogens is 2. The largest absolute Gasteiger partial charge is 0.204 e. The van der Waals surface area contributed by atoms with Gasteiger partial charge >= 0.3 is 0 Å². The topological polar surface area (TPSA) is 0 Å². The third kappa shape index (κ3) is 2.66. The maximum Gasteiger partial charge on any atom is 0.162 e. The highest BCUT2D eigenvalue weighted by Crippen LogP contribution is 2.42. The molecule has 2 aliphatic carbocycles. The molecule has 0 N–H and O–H groups in total. The van der Waals surface area contributed by atoms with Gasteiger partial charge in [0.25, 0.3) is 0 Å². The molecule has 24 heavy (non-hydrogen) atoms. The maximum atomic E-state index is 14.1. The first-order valence-electron chi connectivity index (χ1n) is 9.27. The summed E-state index contributed by atoms with van der Waals surface area (Å²) in [4.78, 5) is 0. The number of benzene rings is 2. The molecule has 2 aromatic carbocycles. The van der Waals surface area contributed by atoms with Crippen LogP contribution in [-0.4, -0.2) is 0 Å². The maximum absolute atomic E-state index is 14.1. The Bertz CT molecular complexity index is 755. The number of hydrogen-bond acceptors (Lipinski definition) is 0. The summed E-state index contributed by atoms with van der Waals surface area (Å²) in [5.74, 6) is 0.122. The summed E-state index contributed by atoms with van der Waals surface area (Å²) in [6.07, 6.45) is 8.35. The zero-order valence-electron chi connectivity index (χ0n) is 14.2. The molecule has 4 rings (SSSR count). The van der Waals surface area contributed by atoms with Crippen molar-refractivity contribution in [2.45, 2.75) is 57.8 Å². The average Bonchev–Trinajstić information content (AvgIpc) is 2.98. The Labute approximate surface area is 142 Å². The predicted molar refractivity (Wildman–Crippen MR) is 94.2 cm³/mol. The highest BCUT2D eigenvalue weighted by Gasteiger charge is 2.26. The molecule has 0 aromatic heterocycles. The van der Waals surface area contributed by atoms with Crippen molar-refractivity contribution in [1.29, 1.82) is 0 Å². The van der Waals surface area contributed by atoms with Gasteiger partial charge in [-0.25, -0.2) is 8.78 Å². The molecule has 126 valence electrons. The van der Waals surface area contributed by atoms with Gasteiger partial charge in [0.15, 0.2) is 11.6 Å². The van der Waals surface area contributed by atoms with Crippen LogP contribution in [0, 0.1) is 17.6 Å². The molecule has 0 bridgehead atoms. The molecule has 2 aliphatic rings. The van der Waals surface area contributed by atoms with Crippen molar-refractivity contribution in [1.82, 2.24) is 0 Å². The number of fused-ring (bicyclic) bond motifs is 3. The Morgan fingerprint density at radius 2 is 1.71 bits per heavy atom. The first-order chi connectivity index (χ1) is 11.7. The van der Waals surface area contributed by atoms with E-state index < -0.39 is 11.6 Å². The van der Waals surface area contributed by atoms with Crippen LogP contribution in [-0.2, 0) is 6.42 Å². The second-order valence-corrected chi connectivity index (χ2v) is 7.49. The summed E-state index contributed by atoms with van der Waals surface area (Å²) in [6, 6.07) is 9.53. The molecule has 0 heterocycles. The van der Waals surface area contributed by atoms with Crippen LogP contribution in [0.2, 0.25) is 0 Å². The smallest absolute Gasteiger partial charge is 0.162 e. The summed E-state index contributed by atoms with van der Waals surface area (Å²) < 4.78 is 27.6. The van der Waals surface area contributed by atoms with Crippen LogP contribution in [0.15, 0.2) is 30.3 Å². The molecule has 0 nitrogen and oxygen atoms in total. The lowest BCUT2D eigenvalue weighted by atomic mass is 9.77. The Balaban J connectivity index is 1.56.